The Morgan fingerprint density at radius 2 is 1.91 bits per heavy atom. The number of ether oxygens (including phenoxy) is 1. The molecule has 0 bridgehead atoms. The third kappa shape index (κ3) is 5.90. The lowest BCUT2D eigenvalue weighted by molar-refractivity contribution is 0.0530. The Kier molecular flexibility index (Phi) is 6.03. The number of benzene rings is 1. The molecule has 0 heterocycles. The van der Waals surface area contributed by atoms with Gasteiger partial charge >= 0.3 is 6.09 Å². The Balaban J connectivity index is 2.48. The van der Waals surface area contributed by atoms with E-state index < -0.39 is 11.7 Å². The lowest BCUT2D eigenvalue weighted by Crippen LogP contribution is -2.35. The van der Waals surface area contributed by atoms with Crippen LogP contribution in [0.5, 0.6) is 0 Å². The molecule has 0 saturated carbocycles. The largest absolute Gasteiger partial charge is 0.444 e. The number of hydrogen-bond donors (Lipinski definition) is 4. The van der Waals surface area contributed by atoms with Crippen molar-refractivity contribution in [1.82, 2.24) is 10.6 Å². The summed E-state index contributed by atoms with van der Waals surface area (Å²) in [5, 5.41) is 8.26. The monoisotopic (exact) mass is 308 g/mol. The molecule has 0 aromatic heterocycles. The normalized spacial score (nSPS) is 10.7. The quantitative estimate of drug-likeness (QED) is 0.488. The highest BCUT2D eigenvalue weighted by Crippen LogP contribution is 2.19. The molecule has 0 saturated heterocycles. The molecular formula is C15H24N4O3. The fourth-order valence-corrected chi connectivity index (χ4v) is 1.67. The number of hydrogen-bond acceptors (Lipinski definition) is 5. The molecule has 2 amide bonds. The van der Waals surface area contributed by atoms with Gasteiger partial charge in [0, 0.05) is 25.7 Å². The average Bonchev–Trinajstić information content (AvgIpc) is 2.42. The number of anilines is 2. The van der Waals surface area contributed by atoms with E-state index in [1.54, 1.807) is 46.0 Å². The smallest absolute Gasteiger partial charge is 0.407 e. The van der Waals surface area contributed by atoms with E-state index in [1.807, 2.05) is 0 Å². The van der Waals surface area contributed by atoms with Crippen LogP contribution >= 0.6 is 0 Å². The summed E-state index contributed by atoms with van der Waals surface area (Å²) in [4.78, 5) is 23.1. The molecule has 122 valence electrons. The fourth-order valence-electron chi connectivity index (χ4n) is 1.67. The SMILES string of the molecule is CNC(=O)c1ccc(N)c(NCCNC(=O)OC(C)(C)C)c1. The summed E-state index contributed by atoms with van der Waals surface area (Å²) in [6.07, 6.45) is -0.471. The number of rotatable bonds is 5. The van der Waals surface area contributed by atoms with E-state index in [9.17, 15) is 9.59 Å². The van der Waals surface area contributed by atoms with Crippen LogP contribution in [0.3, 0.4) is 0 Å². The van der Waals surface area contributed by atoms with E-state index in [4.69, 9.17) is 10.5 Å². The summed E-state index contributed by atoms with van der Waals surface area (Å²) in [6, 6.07) is 4.98. The van der Waals surface area contributed by atoms with Crippen molar-refractivity contribution in [3.05, 3.63) is 23.8 Å². The van der Waals surface area contributed by atoms with E-state index in [0.29, 0.717) is 30.0 Å². The molecule has 22 heavy (non-hydrogen) atoms. The second kappa shape index (κ2) is 7.53. The van der Waals surface area contributed by atoms with Gasteiger partial charge in [-0.25, -0.2) is 4.79 Å². The lowest BCUT2D eigenvalue weighted by atomic mass is 10.1. The Bertz CT molecular complexity index is 538. The van der Waals surface area contributed by atoms with Crippen molar-refractivity contribution in [3.8, 4) is 0 Å². The van der Waals surface area contributed by atoms with Crippen LogP contribution in [0.25, 0.3) is 0 Å². The number of nitrogens with one attached hydrogen (secondary N) is 3. The van der Waals surface area contributed by atoms with Crippen LogP contribution in [0.2, 0.25) is 0 Å². The second-order valence-corrected chi connectivity index (χ2v) is 5.74. The molecule has 0 radical (unpaired) electrons. The summed E-state index contributed by atoms with van der Waals surface area (Å²) in [5.41, 5.74) is 7.02. The standard InChI is InChI=1S/C15H24N4O3/c1-15(2,3)22-14(21)19-8-7-18-12-9-10(13(20)17-4)5-6-11(12)16/h5-6,9,18H,7-8,16H2,1-4H3,(H,17,20)(H,19,21). The number of alkyl carbamates (subject to hydrolysis) is 1. The summed E-state index contributed by atoms with van der Waals surface area (Å²) >= 11 is 0. The third-order valence-corrected chi connectivity index (χ3v) is 2.65. The molecule has 1 rings (SSSR count). The average molecular weight is 308 g/mol. The Morgan fingerprint density at radius 1 is 1.23 bits per heavy atom. The predicted octanol–water partition coefficient (Wildman–Crippen LogP) is 1.56. The van der Waals surface area contributed by atoms with Crippen LogP contribution in [-0.2, 0) is 4.74 Å². The summed E-state index contributed by atoms with van der Waals surface area (Å²) in [6.45, 7) is 6.24. The Labute approximate surface area is 130 Å². The maximum atomic E-state index is 11.6. The van der Waals surface area contributed by atoms with Gasteiger partial charge in [0.05, 0.1) is 11.4 Å². The van der Waals surface area contributed by atoms with Crippen molar-refractivity contribution in [2.45, 2.75) is 26.4 Å². The first-order valence-electron chi connectivity index (χ1n) is 7.05. The van der Waals surface area contributed by atoms with E-state index in [1.165, 1.54) is 0 Å². The van der Waals surface area contributed by atoms with Gasteiger partial charge in [-0.15, -0.1) is 0 Å². The van der Waals surface area contributed by atoms with Crippen LogP contribution < -0.4 is 21.7 Å². The van der Waals surface area contributed by atoms with Gasteiger partial charge < -0.3 is 26.4 Å². The van der Waals surface area contributed by atoms with Crippen LogP contribution in [0.15, 0.2) is 18.2 Å². The van der Waals surface area contributed by atoms with Crippen LogP contribution in [0.4, 0.5) is 16.2 Å². The van der Waals surface area contributed by atoms with Gasteiger partial charge in [-0.05, 0) is 39.0 Å². The van der Waals surface area contributed by atoms with Gasteiger partial charge in [0.15, 0.2) is 0 Å². The van der Waals surface area contributed by atoms with Crippen molar-refractivity contribution in [3.63, 3.8) is 0 Å². The van der Waals surface area contributed by atoms with Gasteiger partial charge in [-0.2, -0.15) is 0 Å². The van der Waals surface area contributed by atoms with E-state index in [2.05, 4.69) is 16.0 Å². The van der Waals surface area contributed by atoms with E-state index >= 15 is 0 Å². The molecular weight excluding hydrogens is 284 g/mol. The molecule has 1 aromatic carbocycles. The maximum Gasteiger partial charge on any atom is 0.407 e. The minimum absolute atomic E-state index is 0.185. The fraction of sp³-hybridized carbons (Fsp3) is 0.467. The molecule has 0 aliphatic heterocycles. The zero-order valence-corrected chi connectivity index (χ0v) is 13.4. The topological polar surface area (TPSA) is 105 Å². The highest BCUT2D eigenvalue weighted by atomic mass is 16.6. The number of carbonyl (C=O) groups excluding carboxylic acids is 2. The Morgan fingerprint density at radius 3 is 2.50 bits per heavy atom. The molecule has 0 atom stereocenters. The van der Waals surface area contributed by atoms with Crippen molar-refractivity contribution in [2.75, 3.05) is 31.2 Å². The van der Waals surface area contributed by atoms with Crippen molar-refractivity contribution in [1.29, 1.82) is 0 Å². The van der Waals surface area contributed by atoms with Gasteiger partial charge in [-0.1, -0.05) is 0 Å². The van der Waals surface area contributed by atoms with Crippen LogP contribution in [0.1, 0.15) is 31.1 Å². The van der Waals surface area contributed by atoms with Gasteiger partial charge in [0.1, 0.15) is 5.60 Å². The first-order valence-corrected chi connectivity index (χ1v) is 7.05. The molecule has 7 nitrogen and oxygen atoms in total. The molecule has 1 aromatic rings. The lowest BCUT2D eigenvalue weighted by Gasteiger charge is -2.19. The third-order valence-electron chi connectivity index (χ3n) is 2.65. The zero-order valence-electron chi connectivity index (χ0n) is 13.4. The van der Waals surface area contributed by atoms with Crippen molar-refractivity contribution >= 4 is 23.4 Å². The molecule has 0 unspecified atom stereocenters. The van der Waals surface area contributed by atoms with Gasteiger partial charge in [0.2, 0.25) is 0 Å². The van der Waals surface area contributed by atoms with Gasteiger partial charge in [0.25, 0.3) is 5.91 Å². The molecule has 7 heteroatoms. The van der Waals surface area contributed by atoms with E-state index in [-0.39, 0.29) is 5.91 Å². The van der Waals surface area contributed by atoms with Gasteiger partial charge in [-0.3, -0.25) is 4.79 Å². The molecule has 5 N–H and O–H groups in total. The first-order chi connectivity index (χ1) is 10.2. The van der Waals surface area contributed by atoms with Crippen molar-refractivity contribution < 1.29 is 14.3 Å². The highest BCUT2D eigenvalue weighted by molar-refractivity contribution is 5.96. The zero-order chi connectivity index (χ0) is 16.8. The highest BCUT2D eigenvalue weighted by Gasteiger charge is 2.15. The first kappa shape index (κ1) is 17.6. The maximum absolute atomic E-state index is 11.6. The van der Waals surface area contributed by atoms with Crippen LogP contribution in [0, 0.1) is 0 Å². The molecule has 0 spiro atoms. The number of carbonyl (C=O) groups is 2. The molecule has 0 aliphatic rings. The molecule has 0 aliphatic carbocycles. The summed E-state index contributed by atoms with van der Waals surface area (Å²) in [5.74, 6) is -0.185. The minimum atomic E-state index is -0.524. The summed E-state index contributed by atoms with van der Waals surface area (Å²) < 4.78 is 5.12. The second-order valence-electron chi connectivity index (χ2n) is 5.74. The van der Waals surface area contributed by atoms with E-state index in [0.717, 1.165) is 0 Å². The predicted molar refractivity (Wildman–Crippen MR) is 87.0 cm³/mol. The Hall–Kier alpha value is -2.44. The van der Waals surface area contributed by atoms with Crippen molar-refractivity contribution in [2.24, 2.45) is 0 Å². The minimum Gasteiger partial charge on any atom is -0.444 e. The van der Waals surface area contributed by atoms with Crippen LogP contribution in [-0.4, -0.2) is 37.7 Å². The molecule has 0 fully saturated rings. The number of nitrogens with two attached hydrogens (primary N) is 1. The summed E-state index contributed by atoms with van der Waals surface area (Å²) in [7, 11) is 1.57. The number of nitrogen functional groups attached to an aromatic ring is 1. The number of amides is 2.